The molecule has 2 aromatic heterocycles. The van der Waals surface area contributed by atoms with Crippen LogP contribution in [0.4, 0.5) is 6.01 Å². The Kier molecular flexibility index (Phi) is 6.00. The maximum Gasteiger partial charge on any atom is 0.295 e. The second-order valence-electron chi connectivity index (χ2n) is 8.97. The van der Waals surface area contributed by atoms with Gasteiger partial charge in [-0.25, -0.2) is 0 Å². The predicted octanol–water partition coefficient (Wildman–Crippen LogP) is 4.94. The van der Waals surface area contributed by atoms with Crippen molar-refractivity contribution < 1.29 is 9.21 Å². The smallest absolute Gasteiger partial charge is 0.295 e. The molecule has 4 aromatic rings. The van der Waals surface area contributed by atoms with Crippen molar-refractivity contribution in [2.24, 2.45) is 13.0 Å². The molecule has 0 spiro atoms. The molecule has 8 nitrogen and oxygen atoms in total. The van der Waals surface area contributed by atoms with E-state index in [0.717, 1.165) is 24.0 Å². The minimum Gasteiger partial charge on any atom is -0.424 e. The van der Waals surface area contributed by atoms with Gasteiger partial charge in [-0.3, -0.25) is 4.79 Å². The number of fused-ring (bicyclic) bond motifs is 1. The third-order valence-corrected chi connectivity index (χ3v) is 6.70. The van der Waals surface area contributed by atoms with Crippen molar-refractivity contribution in [1.29, 1.82) is 0 Å². The van der Waals surface area contributed by atoms with Crippen LogP contribution in [0.25, 0.3) is 22.4 Å². The number of anilines is 1. The molecule has 3 heterocycles. The molecule has 5 rings (SSSR count). The Morgan fingerprint density at radius 1 is 1.26 bits per heavy atom. The van der Waals surface area contributed by atoms with E-state index < -0.39 is 0 Å². The van der Waals surface area contributed by atoms with Crippen molar-refractivity contribution in [3.05, 3.63) is 58.7 Å². The fraction of sp³-hybridized carbons (Fsp3) is 0.360. The first-order chi connectivity index (χ1) is 16.4. The summed E-state index contributed by atoms with van der Waals surface area (Å²) in [7, 11) is 1.77. The van der Waals surface area contributed by atoms with E-state index in [1.54, 1.807) is 31.4 Å². The van der Waals surface area contributed by atoms with Crippen LogP contribution in [0.15, 0.2) is 47.0 Å². The van der Waals surface area contributed by atoms with Gasteiger partial charge in [0.1, 0.15) is 11.2 Å². The van der Waals surface area contributed by atoms with Gasteiger partial charge in [0.2, 0.25) is 0 Å². The number of nitrogens with one attached hydrogen (secondary N) is 1. The first-order valence-corrected chi connectivity index (χ1v) is 11.8. The van der Waals surface area contributed by atoms with E-state index in [1.165, 1.54) is 4.80 Å². The number of carbonyl (C=O) groups is 1. The summed E-state index contributed by atoms with van der Waals surface area (Å²) in [6.45, 7) is 5.43. The normalized spacial score (nSPS) is 18.4. The Hall–Kier alpha value is -3.39. The number of nitrogens with zero attached hydrogens (tertiary/aromatic N) is 5. The minimum absolute atomic E-state index is 0.00456. The van der Waals surface area contributed by atoms with E-state index in [-0.39, 0.29) is 11.9 Å². The number of hydrogen-bond donors (Lipinski definition) is 1. The first kappa shape index (κ1) is 22.4. The number of amides is 1. The summed E-state index contributed by atoms with van der Waals surface area (Å²) < 4.78 is 5.82. The number of oxazole rings is 1. The number of carbonyl (C=O) groups excluding carboxylic acids is 1. The lowest BCUT2D eigenvalue weighted by molar-refractivity contribution is 0.0540. The van der Waals surface area contributed by atoms with E-state index >= 15 is 0 Å². The van der Waals surface area contributed by atoms with Gasteiger partial charge >= 0.3 is 0 Å². The zero-order valence-electron chi connectivity index (χ0n) is 19.5. The molecule has 1 N–H and O–H groups in total. The summed E-state index contributed by atoms with van der Waals surface area (Å²) in [5.74, 6) is 0.334. The molecule has 1 aliphatic heterocycles. The Bertz CT molecular complexity index is 1350. The molecular formula is C25H27ClN6O2. The Morgan fingerprint density at radius 2 is 2.12 bits per heavy atom. The molecule has 1 amide bonds. The third kappa shape index (κ3) is 4.37. The molecular weight excluding hydrogens is 452 g/mol. The van der Waals surface area contributed by atoms with Gasteiger partial charge in [-0.05, 0) is 49.9 Å². The molecule has 0 radical (unpaired) electrons. The van der Waals surface area contributed by atoms with Gasteiger partial charge in [-0.1, -0.05) is 36.2 Å². The van der Waals surface area contributed by atoms with Gasteiger partial charge in [-0.2, -0.15) is 20.0 Å². The summed E-state index contributed by atoms with van der Waals surface area (Å²) in [4.78, 5) is 21.9. The van der Waals surface area contributed by atoms with Crippen molar-refractivity contribution in [1.82, 2.24) is 24.9 Å². The molecule has 0 saturated carbocycles. The fourth-order valence-corrected chi connectivity index (χ4v) is 4.83. The molecule has 2 unspecified atom stereocenters. The summed E-state index contributed by atoms with van der Waals surface area (Å²) in [5.41, 5.74) is 4.54. The number of aryl methyl sites for hydroxylation is 2. The second-order valence-corrected chi connectivity index (χ2v) is 9.40. The summed E-state index contributed by atoms with van der Waals surface area (Å²) in [5, 5.41) is 12.5. The Balaban J connectivity index is 1.41. The number of benzene rings is 2. The standard InChI is InChI=1S/C25H27ClN6O2/c1-15-6-8-18(21-13-28-31(3)30-21)19(11-15)24(33)32-10-4-5-16(2)22(32)14-27-25-29-20-12-17(26)7-9-23(20)34-25/h6-9,11-13,16,22H,4-5,10,14H2,1-3H3,(H,27,29). The van der Waals surface area contributed by atoms with Gasteiger partial charge in [-0.15, -0.1) is 0 Å². The highest BCUT2D eigenvalue weighted by Crippen LogP contribution is 2.30. The van der Waals surface area contributed by atoms with Crippen LogP contribution in [0.3, 0.4) is 0 Å². The number of aromatic nitrogens is 4. The number of piperidine rings is 1. The quantitative estimate of drug-likeness (QED) is 0.437. The van der Waals surface area contributed by atoms with Gasteiger partial charge < -0.3 is 14.6 Å². The fourth-order valence-electron chi connectivity index (χ4n) is 4.66. The van der Waals surface area contributed by atoms with E-state index in [0.29, 0.717) is 52.4 Å². The first-order valence-electron chi connectivity index (χ1n) is 11.5. The van der Waals surface area contributed by atoms with Gasteiger partial charge in [0.15, 0.2) is 5.58 Å². The Morgan fingerprint density at radius 3 is 2.91 bits per heavy atom. The molecule has 34 heavy (non-hydrogen) atoms. The summed E-state index contributed by atoms with van der Waals surface area (Å²) in [6, 6.07) is 11.7. The van der Waals surface area contributed by atoms with E-state index in [2.05, 4.69) is 27.4 Å². The van der Waals surface area contributed by atoms with Gasteiger partial charge in [0, 0.05) is 36.3 Å². The van der Waals surface area contributed by atoms with E-state index in [4.69, 9.17) is 16.0 Å². The molecule has 2 atom stereocenters. The largest absolute Gasteiger partial charge is 0.424 e. The predicted molar refractivity (Wildman–Crippen MR) is 132 cm³/mol. The van der Waals surface area contributed by atoms with Crippen LogP contribution in [0.5, 0.6) is 0 Å². The zero-order chi connectivity index (χ0) is 23.8. The van der Waals surface area contributed by atoms with Crippen molar-refractivity contribution in [2.75, 3.05) is 18.4 Å². The molecule has 1 fully saturated rings. The van der Waals surface area contributed by atoms with E-state index in [9.17, 15) is 4.79 Å². The molecule has 2 aromatic carbocycles. The SMILES string of the molecule is Cc1ccc(-c2cnn(C)n2)c(C(=O)N2CCCC(C)C2CNc2nc3cc(Cl)ccc3o2)c1. The number of rotatable bonds is 5. The average molecular weight is 479 g/mol. The maximum absolute atomic E-state index is 13.9. The van der Waals surface area contributed by atoms with Crippen LogP contribution in [0.1, 0.15) is 35.7 Å². The lowest BCUT2D eigenvalue weighted by Crippen LogP contribution is -2.51. The molecule has 0 bridgehead atoms. The van der Waals surface area contributed by atoms with Crippen LogP contribution in [0.2, 0.25) is 5.02 Å². The van der Waals surface area contributed by atoms with Crippen molar-refractivity contribution >= 4 is 34.6 Å². The lowest BCUT2D eigenvalue weighted by atomic mass is 9.89. The van der Waals surface area contributed by atoms with Crippen LogP contribution >= 0.6 is 11.6 Å². The van der Waals surface area contributed by atoms with Crippen LogP contribution in [-0.2, 0) is 7.05 Å². The van der Waals surface area contributed by atoms with Crippen molar-refractivity contribution in [3.63, 3.8) is 0 Å². The molecule has 176 valence electrons. The third-order valence-electron chi connectivity index (χ3n) is 6.47. The molecule has 9 heteroatoms. The van der Waals surface area contributed by atoms with Gasteiger partial charge in [0.05, 0.1) is 12.2 Å². The average Bonchev–Trinajstić information content (AvgIpc) is 3.43. The van der Waals surface area contributed by atoms with Crippen LogP contribution in [-0.4, -0.2) is 49.9 Å². The molecule has 1 saturated heterocycles. The lowest BCUT2D eigenvalue weighted by Gasteiger charge is -2.40. The van der Waals surface area contributed by atoms with Crippen LogP contribution in [0, 0.1) is 12.8 Å². The minimum atomic E-state index is -0.00456. The number of hydrogen-bond acceptors (Lipinski definition) is 6. The number of halogens is 1. The van der Waals surface area contributed by atoms with Crippen molar-refractivity contribution in [2.45, 2.75) is 32.7 Å². The summed E-state index contributed by atoms with van der Waals surface area (Å²) in [6.07, 6.45) is 3.72. The highest BCUT2D eigenvalue weighted by molar-refractivity contribution is 6.31. The monoisotopic (exact) mass is 478 g/mol. The maximum atomic E-state index is 13.9. The second kappa shape index (κ2) is 9.10. The van der Waals surface area contributed by atoms with Gasteiger partial charge in [0.25, 0.3) is 11.9 Å². The molecule has 1 aliphatic rings. The zero-order valence-corrected chi connectivity index (χ0v) is 20.2. The number of likely N-dealkylation sites (tertiary alicyclic amines) is 1. The highest BCUT2D eigenvalue weighted by atomic mass is 35.5. The summed E-state index contributed by atoms with van der Waals surface area (Å²) >= 11 is 6.07. The Labute approximate surface area is 202 Å². The van der Waals surface area contributed by atoms with Crippen LogP contribution < -0.4 is 5.32 Å². The molecule has 0 aliphatic carbocycles. The van der Waals surface area contributed by atoms with E-state index in [1.807, 2.05) is 30.0 Å². The highest BCUT2D eigenvalue weighted by Gasteiger charge is 2.33. The van der Waals surface area contributed by atoms with Crippen molar-refractivity contribution in [3.8, 4) is 11.3 Å². The topological polar surface area (TPSA) is 89.1 Å².